The number of nitrogens with zero attached hydrogens (tertiary/aromatic N) is 3. The molecule has 0 radical (unpaired) electrons. The van der Waals surface area contributed by atoms with Gasteiger partial charge in [-0.3, -0.25) is 9.67 Å². The fourth-order valence-electron chi connectivity index (χ4n) is 3.20. The Bertz CT molecular complexity index is 956. The van der Waals surface area contributed by atoms with Crippen molar-refractivity contribution in [2.75, 3.05) is 0 Å². The number of aryl methyl sites for hydroxylation is 1. The second-order valence-electron chi connectivity index (χ2n) is 6.25. The monoisotopic (exact) mass is 325 g/mol. The molecule has 2 aromatic heterocycles. The van der Waals surface area contributed by atoms with Crippen LogP contribution in [0.15, 0.2) is 42.6 Å². The molecule has 3 nitrogen and oxygen atoms in total. The van der Waals surface area contributed by atoms with Crippen LogP contribution in [0.25, 0.3) is 16.5 Å². The molecule has 122 valence electrons. The number of pyridine rings is 1. The summed E-state index contributed by atoms with van der Waals surface area (Å²) >= 11 is 0. The number of hydrogen-bond acceptors (Lipinski definition) is 2. The molecule has 4 rings (SSSR count). The molecule has 1 aliphatic rings. The van der Waals surface area contributed by atoms with Gasteiger partial charge in [0.15, 0.2) is 0 Å². The third-order valence-electron chi connectivity index (χ3n) is 4.56. The van der Waals surface area contributed by atoms with Crippen molar-refractivity contribution < 1.29 is 8.78 Å². The molecular weight excluding hydrogens is 308 g/mol. The summed E-state index contributed by atoms with van der Waals surface area (Å²) in [7, 11) is 1.90. The second kappa shape index (κ2) is 5.51. The average molecular weight is 325 g/mol. The Morgan fingerprint density at radius 1 is 1.17 bits per heavy atom. The number of hydrogen-bond donors (Lipinski definition) is 0. The van der Waals surface area contributed by atoms with E-state index < -0.39 is 12.3 Å². The van der Waals surface area contributed by atoms with Crippen molar-refractivity contribution >= 4 is 16.5 Å². The van der Waals surface area contributed by atoms with Crippen molar-refractivity contribution in [2.24, 2.45) is 7.05 Å². The van der Waals surface area contributed by atoms with E-state index in [0.29, 0.717) is 12.1 Å². The fourth-order valence-corrected chi connectivity index (χ4v) is 3.20. The van der Waals surface area contributed by atoms with Gasteiger partial charge in [0.1, 0.15) is 0 Å². The van der Waals surface area contributed by atoms with Crippen molar-refractivity contribution in [3.63, 3.8) is 0 Å². The van der Waals surface area contributed by atoms with Crippen LogP contribution in [-0.2, 0) is 13.5 Å². The molecule has 0 saturated carbocycles. The maximum atomic E-state index is 12.9. The summed E-state index contributed by atoms with van der Waals surface area (Å²) in [6, 6.07) is 9.80. The number of rotatable bonds is 3. The van der Waals surface area contributed by atoms with Crippen LogP contribution in [0.2, 0.25) is 0 Å². The molecule has 2 heterocycles. The summed E-state index contributed by atoms with van der Waals surface area (Å²) in [5.74, 6) is -0.842. The highest BCUT2D eigenvalue weighted by Crippen LogP contribution is 2.34. The van der Waals surface area contributed by atoms with Gasteiger partial charge in [-0.15, -0.1) is 0 Å². The Balaban J connectivity index is 1.72. The average Bonchev–Trinajstić information content (AvgIpc) is 3.14. The number of fused-ring (bicyclic) bond motifs is 2. The third-order valence-corrected chi connectivity index (χ3v) is 4.56. The summed E-state index contributed by atoms with van der Waals surface area (Å²) in [5.41, 5.74) is 5.54. The van der Waals surface area contributed by atoms with E-state index in [0.717, 1.165) is 33.3 Å². The Kier molecular flexibility index (Phi) is 3.44. The zero-order valence-corrected chi connectivity index (χ0v) is 13.5. The quantitative estimate of drug-likeness (QED) is 0.718. The molecule has 0 bridgehead atoms. The number of aromatic nitrogens is 3. The summed E-state index contributed by atoms with van der Waals surface area (Å²) in [4.78, 5) is 4.47. The van der Waals surface area contributed by atoms with E-state index >= 15 is 0 Å². The first-order valence-electron chi connectivity index (χ1n) is 7.95. The lowest BCUT2D eigenvalue weighted by atomic mass is 9.98. The van der Waals surface area contributed by atoms with E-state index in [1.165, 1.54) is 6.92 Å². The standard InChI is InChI=1S/C19H17F2N3/c1-11(19(20)21)16-7-5-15-14(4-8-18(15)22-16)12-3-6-17-13(9-12)10-24(2)23-17/h3-7,9-11,19H,8H2,1-2H3. The fraction of sp³-hybridized carbons (Fsp3) is 0.263. The third kappa shape index (κ3) is 2.40. The van der Waals surface area contributed by atoms with E-state index in [1.54, 1.807) is 10.7 Å². The van der Waals surface area contributed by atoms with Gasteiger partial charge in [0.2, 0.25) is 6.43 Å². The van der Waals surface area contributed by atoms with Gasteiger partial charge in [-0.1, -0.05) is 25.1 Å². The lowest BCUT2D eigenvalue weighted by Gasteiger charge is -2.12. The molecule has 0 N–H and O–H groups in total. The highest BCUT2D eigenvalue weighted by atomic mass is 19.3. The van der Waals surface area contributed by atoms with Crippen LogP contribution >= 0.6 is 0 Å². The maximum Gasteiger partial charge on any atom is 0.246 e. The van der Waals surface area contributed by atoms with E-state index in [1.807, 2.05) is 31.4 Å². The van der Waals surface area contributed by atoms with Gasteiger partial charge < -0.3 is 0 Å². The number of allylic oxidation sites excluding steroid dienone is 1. The van der Waals surface area contributed by atoms with Crippen LogP contribution in [0.3, 0.4) is 0 Å². The summed E-state index contributed by atoms with van der Waals surface area (Å²) < 4.78 is 27.6. The van der Waals surface area contributed by atoms with E-state index in [-0.39, 0.29) is 0 Å². The molecule has 24 heavy (non-hydrogen) atoms. The lowest BCUT2D eigenvalue weighted by molar-refractivity contribution is 0.119. The molecule has 3 aromatic rings. The first-order valence-corrected chi connectivity index (χ1v) is 7.95. The number of halogens is 2. The molecule has 0 spiro atoms. The number of alkyl halides is 2. The minimum absolute atomic E-state index is 0.459. The molecule has 0 aliphatic heterocycles. The van der Waals surface area contributed by atoms with Crippen LogP contribution in [0, 0.1) is 0 Å². The van der Waals surface area contributed by atoms with E-state index in [4.69, 9.17) is 0 Å². The van der Waals surface area contributed by atoms with Crippen molar-refractivity contribution in [1.82, 2.24) is 14.8 Å². The van der Waals surface area contributed by atoms with Crippen molar-refractivity contribution in [3.05, 3.63) is 65.1 Å². The van der Waals surface area contributed by atoms with Crippen molar-refractivity contribution in [1.29, 1.82) is 0 Å². The maximum absolute atomic E-state index is 12.9. The zero-order chi connectivity index (χ0) is 16.8. The van der Waals surface area contributed by atoms with E-state index in [9.17, 15) is 8.78 Å². The normalized spacial score (nSPS) is 15.0. The zero-order valence-electron chi connectivity index (χ0n) is 13.5. The molecule has 1 aliphatic carbocycles. The molecule has 0 amide bonds. The Labute approximate surface area is 138 Å². The summed E-state index contributed by atoms with van der Waals surface area (Å²) in [5, 5.41) is 5.47. The Morgan fingerprint density at radius 3 is 2.79 bits per heavy atom. The van der Waals surface area contributed by atoms with Crippen LogP contribution in [0.1, 0.15) is 35.4 Å². The largest absolute Gasteiger partial charge is 0.275 e. The lowest BCUT2D eigenvalue weighted by Crippen LogP contribution is -2.08. The molecule has 5 heteroatoms. The minimum atomic E-state index is -2.39. The van der Waals surface area contributed by atoms with Gasteiger partial charge in [-0.05, 0) is 29.3 Å². The van der Waals surface area contributed by atoms with Crippen LogP contribution in [0.5, 0.6) is 0 Å². The van der Waals surface area contributed by atoms with Crippen LogP contribution < -0.4 is 0 Å². The van der Waals surface area contributed by atoms with Crippen LogP contribution in [0.4, 0.5) is 8.78 Å². The SMILES string of the molecule is CC(c1ccc2c(n1)CC=C2c1ccc2nn(C)cc2c1)C(F)F. The molecule has 1 unspecified atom stereocenters. The minimum Gasteiger partial charge on any atom is -0.275 e. The van der Waals surface area contributed by atoms with E-state index in [2.05, 4.69) is 22.2 Å². The van der Waals surface area contributed by atoms with Gasteiger partial charge in [0.05, 0.1) is 17.1 Å². The summed E-state index contributed by atoms with van der Waals surface area (Å²) in [6.45, 7) is 1.51. The van der Waals surface area contributed by atoms with Gasteiger partial charge in [0.25, 0.3) is 0 Å². The van der Waals surface area contributed by atoms with Gasteiger partial charge >= 0.3 is 0 Å². The molecule has 1 aromatic carbocycles. The Hall–Kier alpha value is -2.56. The second-order valence-corrected chi connectivity index (χ2v) is 6.25. The van der Waals surface area contributed by atoms with Gasteiger partial charge in [0, 0.05) is 36.3 Å². The van der Waals surface area contributed by atoms with Crippen molar-refractivity contribution in [2.45, 2.75) is 25.7 Å². The number of benzene rings is 1. The Morgan fingerprint density at radius 2 is 2.00 bits per heavy atom. The highest BCUT2D eigenvalue weighted by molar-refractivity contribution is 5.89. The summed E-state index contributed by atoms with van der Waals surface area (Å²) in [6.07, 6.45) is 2.39. The highest BCUT2D eigenvalue weighted by Gasteiger charge is 2.22. The first kappa shape index (κ1) is 15.0. The molecule has 0 fully saturated rings. The smallest absolute Gasteiger partial charge is 0.246 e. The first-order chi connectivity index (χ1) is 11.5. The molecule has 0 saturated heterocycles. The van der Waals surface area contributed by atoms with Gasteiger partial charge in [-0.25, -0.2) is 8.78 Å². The molecular formula is C19H17F2N3. The predicted molar refractivity (Wildman–Crippen MR) is 90.2 cm³/mol. The van der Waals surface area contributed by atoms with Crippen LogP contribution in [-0.4, -0.2) is 21.2 Å². The predicted octanol–water partition coefficient (Wildman–Crippen LogP) is 4.32. The topological polar surface area (TPSA) is 30.7 Å². The van der Waals surface area contributed by atoms with Gasteiger partial charge in [-0.2, -0.15) is 5.10 Å². The molecule has 1 atom stereocenters. The van der Waals surface area contributed by atoms with Crippen molar-refractivity contribution in [3.8, 4) is 0 Å².